The number of thioether (sulfide) groups is 1. The van der Waals surface area contributed by atoms with E-state index < -0.39 is 0 Å². The molecular formula is C12H20ClN3S. The Kier molecular flexibility index (Phi) is 6.09. The van der Waals surface area contributed by atoms with Gasteiger partial charge >= 0.3 is 0 Å². The number of pyridine rings is 1. The summed E-state index contributed by atoms with van der Waals surface area (Å²) in [5.41, 5.74) is 1.10. The van der Waals surface area contributed by atoms with Gasteiger partial charge in [0.25, 0.3) is 0 Å². The Morgan fingerprint density at radius 3 is 2.82 bits per heavy atom. The second-order valence-electron chi connectivity index (χ2n) is 4.09. The van der Waals surface area contributed by atoms with Crippen molar-refractivity contribution in [3.8, 4) is 0 Å². The van der Waals surface area contributed by atoms with Crippen molar-refractivity contribution < 1.29 is 0 Å². The van der Waals surface area contributed by atoms with Gasteiger partial charge in [-0.25, -0.2) is 4.98 Å². The van der Waals surface area contributed by atoms with Crippen LogP contribution in [0.4, 0.5) is 5.82 Å². The lowest BCUT2D eigenvalue weighted by Gasteiger charge is -2.26. The minimum Gasteiger partial charge on any atom is -0.355 e. The van der Waals surface area contributed by atoms with Gasteiger partial charge in [0.2, 0.25) is 0 Å². The highest BCUT2D eigenvalue weighted by molar-refractivity contribution is 7.98. The van der Waals surface area contributed by atoms with E-state index in [2.05, 4.69) is 28.4 Å². The fourth-order valence-electron chi connectivity index (χ4n) is 1.59. The first-order valence-corrected chi connectivity index (χ1v) is 7.38. The third-order valence-electron chi connectivity index (χ3n) is 2.66. The minimum atomic E-state index is 0.421. The maximum Gasteiger partial charge on any atom is 0.147 e. The fraction of sp³-hybridized carbons (Fsp3) is 0.583. The van der Waals surface area contributed by atoms with Crippen molar-refractivity contribution in [1.29, 1.82) is 0 Å². The standard InChI is InChI=1S/C12H20ClN3S/c1-9(8-17-4)16(3)12-11(13)5-10(6-14-2)7-15-12/h5,7,9,14H,6,8H2,1-4H3. The zero-order valence-electron chi connectivity index (χ0n) is 10.8. The lowest BCUT2D eigenvalue weighted by Crippen LogP contribution is -2.31. The Morgan fingerprint density at radius 2 is 2.29 bits per heavy atom. The van der Waals surface area contributed by atoms with Crippen LogP contribution in [0.15, 0.2) is 12.3 Å². The molecule has 0 aliphatic carbocycles. The molecule has 0 aliphatic heterocycles. The molecule has 3 nitrogen and oxygen atoms in total. The summed E-state index contributed by atoms with van der Waals surface area (Å²) in [6.45, 7) is 2.97. The van der Waals surface area contributed by atoms with Gasteiger partial charge in [0, 0.05) is 31.6 Å². The Bertz CT molecular complexity index is 360. The van der Waals surface area contributed by atoms with Crippen LogP contribution in [0.2, 0.25) is 5.02 Å². The molecule has 0 aliphatic rings. The lowest BCUT2D eigenvalue weighted by atomic mass is 10.2. The summed E-state index contributed by atoms with van der Waals surface area (Å²) in [5, 5.41) is 3.80. The molecule has 0 aromatic carbocycles. The van der Waals surface area contributed by atoms with Crippen LogP contribution in [0.3, 0.4) is 0 Å². The molecule has 1 N–H and O–H groups in total. The quantitative estimate of drug-likeness (QED) is 0.863. The molecule has 96 valence electrons. The largest absolute Gasteiger partial charge is 0.355 e. The molecule has 1 heterocycles. The average molecular weight is 274 g/mol. The van der Waals surface area contributed by atoms with Crippen LogP contribution < -0.4 is 10.2 Å². The zero-order valence-corrected chi connectivity index (χ0v) is 12.4. The van der Waals surface area contributed by atoms with E-state index in [0.29, 0.717) is 11.1 Å². The monoisotopic (exact) mass is 273 g/mol. The molecule has 1 aromatic heterocycles. The van der Waals surface area contributed by atoms with Crippen LogP contribution in [-0.4, -0.2) is 37.1 Å². The van der Waals surface area contributed by atoms with Gasteiger partial charge in [-0.2, -0.15) is 11.8 Å². The van der Waals surface area contributed by atoms with Gasteiger partial charge < -0.3 is 10.2 Å². The second-order valence-corrected chi connectivity index (χ2v) is 5.41. The number of aromatic nitrogens is 1. The Morgan fingerprint density at radius 1 is 1.59 bits per heavy atom. The minimum absolute atomic E-state index is 0.421. The van der Waals surface area contributed by atoms with Crippen molar-refractivity contribution in [1.82, 2.24) is 10.3 Å². The fourth-order valence-corrected chi connectivity index (χ4v) is 2.62. The topological polar surface area (TPSA) is 28.2 Å². The molecule has 0 saturated heterocycles. The molecular weight excluding hydrogens is 254 g/mol. The molecule has 0 saturated carbocycles. The van der Waals surface area contributed by atoms with Gasteiger partial charge in [-0.15, -0.1) is 0 Å². The van der Waals surface area contributed by atoms with Gasteiger partial charge in [0.15, 0.2) is 0 Å². The van der Waals surface area contributed by atoms with E-state index in [1.807, 2.05) is 38.1 Å². The van der Waals surface area contributed by atoms with Gasteiger partial charge in [0.1, 0.15) is 5.82 Å². The van der Waals surface area contributed by atoms with E-state index in [4.69, 9.17) is 11.6 Å². The smallest absolute Gasteiger partial charge is 0.147 e. The van der Waals surface area contributed by atoms with Crippen molar-refractivity contribution in [2.24, 2.45) is 0 Å². The summed E-state index contributed by atoms with van der Waals surface area (Å²) in [6.07, 6.45) is 3.98. The third kappa shape index (κ3) is 4.05. The van der Waals surface area contributed by atoms with Crippen molar-refractivity contribution in [2.45, 2.75) is 19.5 Å². The Labute approximate surface area is 113 Å². The molecule has 1 rings (SSSR count). The molecule has 17 heavy (non-hydrogen) atoms. The van der Waals surface area contributed by atoms with Gasteiger partial charge in [-0.3, -0.25) is 0 Å². The van der Waals surface area contributed by atoms with E-state index in [1.54, 1.807) is 0 Å². The van der Waals surface area contributed by atoms with Gasteiger partial charge in [-0.1, -0.05) is 11.6 Å². The van der Waals surface area contributed by atoms with E-state index >= 15 is 0 Å². The number of nitrogens with one attached hydrogen (secondary N) is 1. The molecule has 0 radical (unpaired) electrons. The summed E-state index contributed by atoms with van der Waals surface area (Å²) < 4.78 is 0. The van der Waals surface area contributed by atoms with Crippen LogP contribution in [0.25, 0.3) is 0 Å². The molecule has 1 atom stereocenters. The highest BCUT2D eigenvalue weighted by atomic mass is 35.5. The normalized spacial score (nSPS) is 12.5. The number of hydrogen-bond donors (Lipinski definition) is 1. The number of halogens is 1. The summed E-state index contributed by atoms with van der Waals surface area (Å²) in [5.74, 6) is 1.92. The van der Waals surface area contributed by atoms with Crippen molar-refractivity contribution in [3.63, 3.8) is 0 Å². The molecule has 0 bridgehead atoms. The van der Waals surface area contributed by atoms with Crippen molar-refractivity contribution in [2.75, 3.05) is 31.0 Å². The maximum atomic E-state index is 6.27. The highest BCUT2D eigenvalue weighted by Gasteiger charge is 2.14. The summed E-state index contributed by atoms with van der Waals surface area (Å²) in [7, 11) is 3.95. The van der Waals surface area contributed by atoms with E-state index in [1.165, 1.54) is 0 Å². The average Bonchev–Trinajstić information content (AvgIpc) is 2.29. The first kappa shape index (κ1) is 14.6. The lowest BCUT2D eigenvalue weighted by molar-refractivity contribution is 0.750. The molecule has 1 unspecified atom stereocenters. The van der Waals surface area contributed by atoms with Crippen LogP contribution in [0.1, 0.15) is 12.5 Å². The van der Waals surface area contributed by atoms with Crippen LogP contribution in [-0.2, 0) is 6.54 Å². The summed E-state index contributed by atoms with van der Waals surface area (Å²) in [4.78, 5) is 6.57. The van der Waals surface area contributed by atoms with E-state index in [9.17, 15) is 0 Å². The molecule has 5 heteroatoms. The van der Waals surface area contributed by atoms with E-state index in [0.717, 1.165) is 23.7 Å². The molecule has 0 spiro atoms. The predicted molar refractivity (Wildman–Crippen MR) is 78.3 cm³/mol. The number of hydrogen-bond acceptors (Lipinski definition) is 4. The number of anilines is 1. The Hall–Kier alpha value is -0.450. The Balaban J connectivity index is 2.83. The summed E-state index contributed by atoms with van der Waals surface area (Å²) in [6, 6.07) is 2.40. The summed E-state index contributed by atoms with van der Waals surface area (Å²) >= 11 is 8.09. The van der Waals surface area contributed by atoms with Gasteiger partial charge in [-0.05, 0) is 31.9 Å². The predicted octanol–water partition coefficient (Wildman–Crippen LogP) is 2.64. The van der Waals surface area contributed by atoms with E-state index in [-0.39, 0.29) is 0 Å². The first-order valence-electron chi connectivity index (χ1n) is 5.61. The van der Waals surface area contributed by atoms with Gasteiger partial charge in [0.05, 0.1) is 5.02 Å². The number of nitrogens with zero attached hydrogens (tertiary/aromatic N) is 2. The van der Waals surface area contributed by atoms with Crippen LogP contribution in [0, 0.1) is 0 Å². The molecule has 0 fully saturated rings. The molecule has 0 amide bonds. The third-order valence-corrected chi connectivity index (χ3v) is 3.76. The zero-order chi connectivity index (χ0) is 12.8. The second kappa shape index (κ2) is 7.09. The highest BCUT2D eigenvalue weighted by Crippen LogP contribution is 2.25. The van der Waals surface area contributed by atoms with Crippen LogP contribution in [0.5, 0.6) is 0 Å². The van der Waals surface area contributed by atoms with Crippen molar-refractivity contribution >= 4 is 29.2 Å². The molecule has 1 aromatic rings. The maximum absolute atomic E-state index is 6.27. The van der Waals surface area contributed by atoms with Crippen molar-refractivity contribution in [3.05, 3.63) is 22.8 Å². The first-order chi connectivity index (χ1) is 8.10. The van der Waals surface area contributed by atoms with Crippen LogP contribution >= 0.6 is 23.4 Å². The number of rotatable bonds is 6. The SMILES string of the molecule is CNCc1cnc(N(C)C(C)CSC)c(Cl)c1.